The van der Waals surface area contributed by atoms with Crippen molar-refractivity contribution in [2.24, 2.45) is 0 Å². The van der Waals surface area contributed by atoms with Gasteiger partial charge in [0.1, 0.15) is 0 Å². The maximum Gasteiger partial charge on any atom is 0.311 e. The number of nitrogens with zero attached hydrogens (tertiary/aromatic N) is 1. The summed E-state index contributed by atoms with van der Waals surface area (Å²) in [5.41, 5.74) is -0.100. The van der Waals surface area contributed by atoms with E-state index in [0.717, 1.165) is 13.0 Å². The lowest BCUT2D eigenvalue weighted by molar-refractivity contribution is -0.385. The number of carbonyl (C=O) groups excluding carboxylic acids is 1. The van der Waals surface area contributed by atoms with Crippen LogP contribution >= 0.6 is 0 Å². The van der Waals surface area contributed by atoms with Gasteiger partial charge in [-0.3, -0.25) is 14.9 Å². The number of hydrogen-bond donors (Lipinski definition) is 1. The highest BCUT2D eigenvalue weighted by Gasteiger charge is 2.17. The second kappa shape index (κ2) is 5.51. The van der Waals surface area contributed by atoms with Crippen molar-refractivity contribution in [3.05, 3.63) is 33.9 Å². The van der Waals surface area contributed by atoms with Crippen LogP contribution in [0.25, 0.3) is 0 Å². The molecule has 1 aromatic rings. The molecule has 0 saturated carbocycles. The molecule has 1 N–H and O–H groups in total. The molecule has 0 saturated heterocycles. The minimum Gasteiger partial charge on any atom is -0.419 e. The van der Waals surface area contributed by atoms with E-state index < -0.39 is 27.7 Å². The molecule has 0 aromatic heterocycles. The van der Waals surface area contributed by atoms with Crippen molar-refractivity contribution in [1.82, 2.24) is 0 Å². The van der Waals surface area contributed by atoms with E-state index in [-0.39, 0.29) is 11.5 Å². The topological polar surface area (TPSA) is 107 Å². The molecule has 92 valence electrons. The summed E-state index contributed by atoms with van der Waals surface area (Å²) in [6.07, 6.45) is 0. The van der Waals surface area contributed by atoms with Gasteiger partial charge in [-0.2, -0.15) is 0 Å². The zero-order chi connectivity index (χ0) is 13.0. The van der Waals surface area contributed by atoms with Crippen molar-refractivity contribution in [3.63, 3.8) is 0 Å². The lowest BCUT2D eigenvalue weighted by Crippen LogP contribution is -2.05. The molecule has 0 aliphatic heterocycles. The fraction of sp³-hybridized carbons (Fsp3) is 0.222. The maximum absolute atomic E-state index is 10.7. The summed E-state index contributed by atoms with van der Waals surface area (Å²) in [7, 11) is 0. The molecule has 17 heavy (non-hydrogen) atoms. The van der Waals surface area contributed by atoms with Crippen molar-refractivity contribution in [3.8, 4) is 5.75 Å². The minimum absolute atomic E-state index is 0.185. The third kappa shape index (κ3) is 3.93. The van der Waals surface area contributed by atoms with E-state index >= 15 is 0 Å². The Balaban J connectivity index is 3.12. The summed E-state index contributed by atoms with van der Waals surface area (Å²) in [6.45, 7) is 1.13. The predicted octanol–water partition coefficient (Wildman–Crippen LogP) is 1.24. The molecule has 0 heterocycles. The zero-order valence-electron chi connectivity index (χ0n) is 8.78. The van der Waals surface area contributed by atoms with Crippen molar-refractivity contribution in [2.45, 2.75) is 12.7 Å². The number of hydrogen-bond acceptors (Lipinski definition) is 5. The van der Waals surface area contributed by atoms with Crippen LogP contribution in [0.4, 0.5) is 5.69 Å². The first kappa shape index (κ1) is 13.3. The maximum atomic E-state index is 10.7. The molecular formula is C9H9NO6S. The van der Waals surface area contributed by atoms with Gasteiger partial charge in [0.2, 0.25) is 5.75 Å². The molecule has 7 nitrogen and oxygen atoms in total. The van der Waals surface area contributed by atoms with Crippen LogP contribution in [0, 0.1) is 10.1 Å². The van der Waals surface area contributed by atoms with E-state index in [0.29, 0.717) is 5.56 Å². The highest BCUT2D eigenvalue weighted by Crippen LogP contribution is 2.28. The highest BCUT2D eigenvalue weighted by molar-refractivity contribution is 7.78. The van der Waals surface area contributed by atoms with E-state index in [4.69, 9.17) is 4.55 Å². The first-order valence-electron chi connectivity index (χ1n) is 4.43. The summed E-state index contributed by atoms with van der Waals surface area (Å²) in [4.78, 5) is 20.7. The van der Waals surface area contributed by atoms with Crippen LogP contribution in [-0.4, -0.2) is 19.7 Å². The monoisotopic (exact) mass is 259 g/mol. The molecule has 1 aromatic carbocycles. The average molecular weight is 259 g/mol. The van der Waals surface area contributed by atoms with Gasteiger partial charge in [0.15, 0.2) is 11.1 Å². The molecule has 1 atom stereocenters. The van der Waals surface area contributed by atoms with Gasteiger partial charge in [0, 0.05) is 13.0 Å². The van der Waals surface area contributed by atoms with Crippen LogP contribution < -0.4 is 4.74 Å². The Hall–Kier alpha value is -1.80. The molecule has 0 aliphatic carbocycles. The third-order valence-corrected chi connectivity index (χ3v) is 2.34. The van der Waals surface area contributed by atoms with Gasteiger partial charge < -0.3 is 9.29 Å². The molecule has 0 spiro atoms. The Bertz CT molecular complexity index is 486. The van der Waals surface area contributed by atoms with Crippen LogP contribution in [0.15, 0.2) is 18.2 Å². The Morgan fingerprint density at radius 3 is 2.71 bits per heavy atom. The average Bonchev–Trinajstić information content (AvgIpc) is 2.18. The van der Waals surface area contributed by atoms with E-state index in [1.165, 1.54) is 12.1 Å². The van der Waals surface area contributed by atoms with Gasteiger partial charge >= 0.3 is 11.7 Å². The first-order valence-corrected chi connectivity index (χ1v) is 5.71. The molecular weight excluding hydrogens is 250 g/mol. The van der Waals surface area contributed by atoms with E-state index in [2.05, 4.69) is 4.74 Å². The van der Waals surface area contributed by atoms with Crippen LogP contribution in [0.1, 0.15) is 12.5 Å². The molecule has 0 radical (unpaired) electrons. The van der Waals surface area contributed by atoms with Gasteiger partial charge in [-0.05, 0) is 11.6 Å². The van der Waals surface area contributed by atoms with E-state index in [1.807, 2.05) is 0 Å². The molecule has 0 bridgehead atoms. The van der Waals surface area contributed by atoms with Crippen molar-refractivity contribution < 1.29 is 23.2 Å². The molecule has 0 amide bonds. The minimum atomic E-state index is -2.09. The number of carbonyl (C=O) groups is 1. The quantitative estimate of drug-likeness (QED) is 0.286. The Labute approximate surface area is 98.8 Å². The smallest absolute Gasteiger partial charge is 0.311 e. The van der Waals surface area contributed by atoms with Crippen molar-refractivity contribution in [2.75, 3.05) is 0 Å². The molecule has 0 aliphatic rings. The van der Waals surface area contributed by atoms with Gasteiger partial charge in [-0.15, -0.1) is 0 Å². The summed E-state index contributed by atoms with van der Waals surface area (Å²) in [5, 5.41) is 10.7. The number of esters is 1. The largest absolute Gasteiger partial charge is 0.419 e. The van der Waals surface area contributed by atoms with Crippen LogP contribution in [-0.2, 0) is 21.6 Å². The van der Waals surface area contributed by atoms with Crippen LogP contribution in [0.3, 0.4) is 0 Å². The standard InChI is InChI=1S/C9H9NO6S/c1-6(11)16-9-3-2-7(5-17(14)15)4-8(9)10(12)13/h2-4H,5H2,1H3,(H,14,15). The molecule has 1 unspecified atom stereocenters. The Morgan fingerprint density at radius 1 is 1.59 bits per heavy atom. The van der Waals surface area contributed by atoms with Gasteiger partial charge in [-0.1, -0.05) is 6.07 Å². The summed E-state index contributed by atoms with van der Waals surface area (Å²) in [5.74, 6) is -1.08. The lowest BCUT2D eigenvalue weighted by atomic mass is 10.2. The first-order chi connectivity index (χ1) is 7.90. The summed E-state index contributed by atoms with van der Waals surface area (Å²) < 4.78 is 23.9. The van der Waals surface area contributed by atoms with Crippen LogP contribution in [0.5, 0.6) is 5.75 Å². The molecule has 1 rings (SSSR count). The van der Waals surface area contributed by atoms with E-state index in [1.54, 1.807) is 0 Å². The predicted molar refractivity (Wildman–Crippen MR) is 58.9 cm³/mol. The van der Waals surface area contributed by atoms with Gasteiger partial charge in [-0.25, -0.2) is 4.21 Å². The highest BCUT2D eigenvalue weighted by atomic mass is 32.2. The fourth-order valence-electron chi connectivity index (χ4n) is 1.18. The third-order valence-electron chi connectivity index (χ3n) is 1.76. The SMILES string of the molecule is CC(=O)Oc1ccc(CS(=O)O)cc1[N+](=O)[O-]. The number of benzene rings is 1. The number of nitro benzene ring substituents is 1. The number of nitro groups is 1. The number of ether oxygens (including phenoxy) is 1. The Kier molecular flexibility index (Phi) is 4.30. The van der Waals surface area contributed by atoms with Crippen molar-refractivity contribution >= 4 is 22.7 Å². The number of rotatable bonds is 4. The van der Waals surface area contributed by atoms with E-state index in [9.17, 15) is 19.1 Å². The van der Waals surface area contributed by atoms with Gasteiger partial charge in [0.05, 0.1) is 10.7 Å². The second-order valence-corrected chi connectivity index (χ2v) is 4.05. The summed E-state index contributed by atoms with van der Waals surface area (Å²) in [6, 6.07) is 3.72. The zero-order valence-corrected chi connectivity index (χ0v) is 9.60. The van der Waals surface area contributed by atoms with Crippen LogP contribution in [0.2, 0.25) is 0 Å². The normalized spacial score (nSPS) is 11.9. The Morgan fingerprint density at radius 2 is 2.24 bits per heavy atom. The fourth-order valence-corrected chi connectivity index (χ4v) is 1.64. The lowest BCUT2D eigenvalue weighted by Gasteiger charge is -2.04. The molecule has 8 heteroatoms. The van der Waals surface area contributed by atoms with Crippen molar-refractivity contribution in [1.29, 1.82) is 0 Å². The molecule has 0 fully saturated rings. The summed E-state index contributed by atoms with van der Waals surface area (Å²) >= 11 is -2.09. The van der Waals surface area contributed by atoms with Gasteiger partial charge in [0.25, 0.3) is 0 Å². The second-order valence-electron chi connectivity index (χ2n) is 3.12.